The van der Waals surface area contributed by atoms with Crippen molar-refractivity contribution in [3.63, 3.8) is 0 Å². The number of hydrogen-bond acceptors (Lipinski definition) is 4. The lowest BCUT2D eigenvalue weighted by Crippen LogP contribution is -2.40. The molecular formula is C11H17BrO4. The first-order valence-electron chi connectivity index (χ1n) is 5.53. The molecule has 4 unspecified atom stereocenters. The van der Waals surface area contributed by atoms with E-state index < -0.39 is 10.3 Å². The predicted molar refractivity (Wildman–Crippen MR) is 61.1 cm³/mol. The molecule has 0 bridgehead atoms. The summed E-state index contributed by atoms with van der Waals surface area (Å²) in [6.45, 7) is 3.99. The summed E-state index contributed by atoms with van der Waals surface area (Å²) in [4.78, 5) is 11.2. The number of carbonyl (C=O) groups excluding carboxylic acids is 1. The van der Waals surface area contributed by atoms with E-state index in [4.69, 9.17) is 14.2 Å². The first kappa shape index (κ1) is 12.3. The standard InChI is InChI=1S/C11H17BrO4/c1-7-6-8(15-11(7,12)14-3)10(2)5-4-9(13)16-10/h7-8H,4-6H2,1-3H3. The Labute approximate surface area is 104 Å². The Morgan fingerprint density at radius 1 is 1.56 bits per heavy atom. The molecule has 92 valence electrons. The Morgan fingerprint density at radius 3 is 2.69 bits per heavy atom. The summed E-state index contributed by atoms with van der Waals surface area (Å²) in [5, 5.41) is 0. The smallest absolute Gasteiger partial charge is 0.306 e. The minimum Gasteiger partial charge on any atom is -0.457 e. The van der Waals surface area contributed by atoms with E-state index >= 15 is 0 Å². The van der Waals surface area contributed by atoms with Gasteiger partial charge in [0, 0.05) is 19.4 Å². The molecule has 2 saturated heterocycles. The van der Waals surface area contributed by atoms with Gasteiger partial charge in [-0.05, 0) is 35.7 Å². The zero-order valence-electron chi connectivity index (χ0n) is 9.79. The third-order valence-electron chi connectivity index (χ3n) is 3.59. The van der Waals surface area contributed by atoms with Gasteiger partial charge in [0.15, 0.2) is 0 Å². The summed E-state index contributed by atoms with van der Waals surface area (Å²) in [6.07, 6.45) is 1.92. The van der Waals surface area contributed by atoms with Crippen LogP contribution in [0.15, 0.2) is 0 Å². The molecule has 0 aromatic heterocycles. The molecule has 0 saturated carbocycles. The van der Waals surface area contributed by atoms with E-state index in [0.717, 1.165) is 12.8 Å². The van der Waals surface area contributed by atoms with Crippen molar-refractivity contribution in [1.82, 2.24) is 0 Å². The molecule has 4 atom stereocenters. The topological polar surface area (TPSA) is 44.8 Å². The van der Waals surface area contributed by atoms with Gasteiger partial charge in [0.2, 0.25) is 4.70 Å². The van der Waals surface area contributed by atoms with Crippen molar-refractivity contribution in [2.24, 2.45) is 5.92 Å². The Hall–Kier alpha value is -0.130. The van der Waals surface area contributed by atoms with Crippen LogP contribution in [0.1, 0.15) is 33.1 Å². The van der Waals surface area contributed by atoms with Crippen molar-refractivity contribution >= 4 is 21.9 Å². The molecule has 2 heterocycles. The fraction of sp³-hybridized carbons (Fsp3) is 0.909. The maximum absolute atomic E-state index is 11.2. The lowest BCUT2D eigenvalue weighted by Gasteiger charge is -2.31. The molecule has 2 aliphatic heterocycles. The minimum absolute atomic E-state index is 0.103. The zero-order chi connectivity index (χ0) is 12.0. The van der Waals surface area contributed by atoms with E-state index in [1.807, 2.05) is 6.92 Å². The Morgan fingerprint density at radius 2 is 2.25 bits per heavy atom. The Kier molecular flexibility index (Phi) is 3.05. The van der Waals surface area contributed by atoms with Crippen molar-refractivity contribution < 1.29 is 19.0 Å². The highest BCUT2D eigenvalue weighted by Gasteiger charge is 2.54. The summed E-state index contributed by atoms with van der Waals surface area (Å²) in [7, 11) is 1.61. The summed E-state index contributed by atoms with van der Waals surface area (Å²) in [6, 6.07) is 0. The molecule has 2 fully saturated rings. The van der Waals surface area contributed by atoms with Gasteiger partial charge in [-0.25, -0.2) is 0 Å². The zero-order valence-corrected chi connectivity index (χ0v) is 11.4. The van der Waals surface area contributed by atoms with Crippen LogP contribution in [-0.4, -0.2) is 29.5 Å². The third kappa shape index (κ3) is 1.89. The quantitative estimate of drug-likeness (QED) is 0.578. The summed E-state index contributed by atoms with van der Waals surface area (Å²) < 4.78 is 15.8. The molecule has 5 heteroatoms. The molecule has 0 amide bonds. The number of ether oxygens (including phenoxy) is 3. The maximum Gasteiger partial charge on any atom is 0.306 e. The number of alkyl halides is 1. The fourth-order valence-electron chi connectivity index (χ4n) is 2.38. The number of hydrogen-bond donors (Lipinski definition) is 0. The second-order valence-electron chi connectivity index (χ2n) is 4.82. The van der Waals surface area contributed by atoms with Gasteiger partial charge in [-0.2, -0.15) is 0 Å². The van der Waals surface area contributed by atoms with E-state index in [9.17, 15) is 4.79 Å². The van der Waals surface area contributed by atoms with Crippen molar-refractivity contribution in [3.8, 4) is 0 Å². The fourth-order valence-corrected chi connectivity index (χ4v) is 2.79. The summed E-state index contributed by atoms with van der Waals surface area (Å²) >= 11 is 3.45. The van der Waals surface area contributed by atoms with Crippen molar-refractivity contribution in [2.45, 2.75) is 49.5 Å². The minimum atomic E-state index is -0.740. The van der Waals surface area contributed by atoms with Crippen molar-refractivity contribution in [2.75, 3.05) is 7.11 Å². The number of rotatable bonds is 2. The van der Waals surface area contributed by atoms with Crippen LogP contribution in [0.5, 0.6) is 0 Å². The van der Waals surface area contributed by atoms with Gasteiger partial charge in [0.25, 0.3) is 0 Å². The van der Waals surface area contributed by atoms with Crippen LogP contribution in [0, 0.1) is 5.92 Å². The molecule has 0 aromatic carbocycles. The number of carbonyl (C=O) groups is 1. The number of cyclic esters (lactones) is 1. The molecule has 2 aliphatic rings. The normalized spacial score (nSPS) is 48.4. The Bertz CT molecular complexity index is 308. The van der Waals surface area contributed by atoms with Crippen LogP contribution < -0.4 is 0 Å². The first-order chi connectivity index (χ1) is 7.39. The maximum atomic E-state index is 11.2. The van der Waals surface area contributed by atoms with Gasteiger partial charge >= 0.3 is 5.97 Å². The molecule has 2 rings (SSSR count). The SMILES string of the molecule is COC1(Br)OC(C2(C)CCC(=O)O2)CC1C. The second-order valence-corrected chi connectivity index (χ2v) is 5.92. The highest BCUT2D eigenvalue weighted by Crippen LogP contribution is 2.47. The number of halogens is 1. The molecule has 16 heavy (non-hydrogen) atoms. The molecule has 0 spiro atoms. The van der Waals surface area contributed by atoms with Gasteiger partial charge in [-0.1, -0.05) is 6.92 Å². The summed E-state index contributed by atoms with van der Waals surface area (Å²) in [5.41, 5.74) is -0.501. The first-order valence-corrected chi connectivity index (χ1v) is 6.32. The van der Waals surface area contributed by atoms with Crippen molar-refractivity contribution in [3.05, 3.63) is 0 Å². The van der Waals surface area contributed by atoms with Gasteiger partial charge in [0.05, 0.1) is 0 Å². The van der Waals surface area contributed by atoms with Gasteiger partial charge in [0.1, 0.15) is 11.7 Å². The lowest BCUT2D eigenvalue weighted by atomic mass is 9.91. The van der Waals surface area contributed by atoms with E-state index in [-0.39, 0.29) is 18.0 Å². The van der Waals surface area contributed by atoms with E-state index in [1.54, 1.807) is 7.11 Å². The largest absolute Gasteiger partial charge is 0.457 e. The summed E-state index contributed by atoms with van der Waals surface area (Å²) in [5.74, 6) is 0.0851. The molecule has 0 aromatic rings. The van der Waals surface area contributed by atoms with E-state index in [0.29, 0.717) is 6.42 Å². The van der Waals surface area contributed by atoms with Crippen molar-refractivity contribution in [1.29, 1.82) is 0 Å². The highest BCUT2D eigenvalue weighted by molar-refractivity contribution is 9.10. The predicted octanol–water partition coefficient (Wildman–Crippen LogP) is 2.20. The highest BCUT2D eigenvalue weighted by atomic mass is 79.9. The average Bonchev–Trinajstić information content (AvgIpc) is 2.72. The number of methoxy groups -OCH3 is 1. The number of esters is 1. The van der Waals surface area contributed by atoms with Crippen LogP contribution >= 0.6 is 15.9 Å². The second kappa shape index (κ2) is 3.96. The van der Waals surface area contributed by atoms with Gasteiger partial charge < -0.3 is 14.2 Å². The molecule has 0 aliphatic carbocycles. The van der Waals surface area contributed by atoms with Crippen LogP contribution in [0.2, 0.25) is 0 Å². The van der Waals surface area contributed by atoms with Gasteiger partial charge in [-0.15, -0.1) is 0 Å². The van der Waals surface area contributed by atoms with Crippen LogP contribution in [0.3, 0.4) is 0 Å². The molecular weight excluding hydrogens is 276 g/mol. The van der Waals surface area contributed by atoms with E-state index in [1.165, 1.54) is 0 Å². The molecule has 0 radical (unpaired) electrons. The monoisotopic (exact) mass is 292 g/mol. The van der Waals surface area contributed by atoms with Gasteiger partial charge in [-0.3, -0.25) is 4.79 Å². The Balaban J connectivity index is 2.11. The van der Waals surface area contributed by atoms with Crippen LogP contribution in [-0.2, 0) is 19.0 Å². The lowest BCUT2D eigenvalue weighted by molar-refractivity contribution is -0.195. The average molecular weight is 293 g/mol. The van der Waals surface area contributed by atoms with Crippen LogP contribution in [0.4, 0.5) is 0 Å². The third-order valence-corrected chi connectivity index (χ3v) is 4.88. The van der Waals surface area contributed by atoms with E-state index in [2.05, 4.69) is 22.9 Å². The molecule has 0 N–H and O–H groups in total. The van der Waals surface area contributed by atoms with Crippen LogP contribution in [0.25, 0.3) is 0 Å². The molecule has 4 nitrogen and oxygen atoms in total.